The molecule has 1 fully saturated rings. The fourth-order valence-electron chi connectivity index (χ4n) is 2.42. The summed E-state index contributed by atoms with van der Waals surface area (Å²) in [5, 5.41) is 10.7. The normalized spacial score (nSPS) is 18.2. The van der Waals surface area contributed by atoms with Crippen LogP contribution in [0.5, 0.6) is 0 Å². The first-order valence-electron chi connectivity index (χ1n) is 7.34. The first-order chi connectivity index (χ1) is 10.3. The van der Waals surface area contributed by atoms with E-state index >= 15 is 0 Å². The molecular formula is C16H21NO3S. The lowest BCUT2D eigenvalue weighted by Crippen LogP contribution is -2.43. The Morgan fingerprint density at radius 3 is 3.24 bits per heavy atom. The van der Waals surface area contributed by atoms with E-state index in [-0.39, 0.29) is 18.6 Å². The van der Waals surface area contributed by atoms with Gasteiger partial charge in [0.25, 0.3) is 5.91 Å². The number of likely N-dealkylation sites (tertiary alicyclic amines) is 1. The Morgan fingerprint density at radius 1 is 1.62 bits per heavy atom. The molecule has 4 nitrogen and oxygen atoms in total. The maximum absolute atomic E-state index is 12.6. The van der Waals surface area contributed by atoms with Crippen molar-refractivity contribution in [3.05, 3.63) is 21.9 Å². The van der Waals surface area contributed by atoms with Crippen LogP contribution in [0.1, 0.15) is 41.4 Å². The Balaban J connectivity index is 2.06. The minimum Gasteiger partial charge on any atom is -0.395 e. The van der Waals surface area contributed by atoms with E-state index in [1.807, 2.05) is 23.3 Å². The molecule has 1 aliphatic heterocycles. The second kappa shape index (κ2) is 8.18. The molecule has 1 aromatic rings. The largest absolute Gasteiger partial charge is 0.395 e. The van der Waals surface area contributed by atoms with Gasteiger partial charge in [-0.2, -0.15) is 0 Å². The smallest absolute Gasteiger partial charge is 0.265 e. The van der Waals surface area contributed by atoms with E-state index in [9.17, 15) is 4.79 Å². The minimum atomic E-state index is 0.0442. The first kappa shape index (κ1) is 16.0. The van der Waals surface area contributed by atoms with Crippen molar-refractivity contribution in [2.75, 3.05) is 26.3 Å². The van der Waals surface area contributed by atoms with Gasteiger partial charge in [-0.1, -0.05) is 11.8 Å². The highest BCUT2D eigenvalue weighted by atomic mass is 32.1. The topological polar surface area (TPSA) is 49.8 Å². The molecule has 1 aromatic heterocycles. The lowest BCUT2D eigenvalue weighted by atomic mass is 10.1. The number of carbonyl (C=O) groups excluding carboxylic acids is 1. The number of piperidine rings is 1. The number of nitrogens with zero attached hydrogens (tertiary/aromatic N) is 1. The molecule has 1 saturated heterocycles. The van der Waals surface area contributed by atoms with Crippen LogP contribution in [0.3, 0.4) is 0 Å². The molecule has 0 saturated carbocycles. The zero-order chi connectivity index (χ0) is 15.1. The third kappa shape index (κ3) is 4.31. The van der Waals surface area contributed by atoms with E-state index in [1.54, 1.807) is 0 Å². The average Bonchev–Trinajstić information content (AvgIpc) is 2.96. The van der Waals surface area contributed by atoms with E-state index in [2.05, 4.69) is 11.8 Å². The van der Waals surface area contributed by atoms with Crippen LogP contribution in [0.4, 0.5) is 0 Å². The summed E-state index contributed by atoms with van der Waals surface area (Å²) < 4.78 is 5.64. The first-order valence-corrected chi connectivity index (χ1v) is 8.22. The maximum atomic E-state index is 12.6. The summed E-state index contributed by atoms with van der Waals surface area (Å²) in [5.41, 5.74) is 0.761. The molecule has 2 heterocycles. The quantitative estimate of drug-likeness (QED) is 0.867. The zero-order valence-corrected chi connectivity index (χ0v) is 13.1. The van der Waals surface area contributed by atoms with Gasteiger partial charge in [-0.3, -0.25) is 4.79 Å². The summed E-state index contributed by atoms with van der Waals surface area (Å²) >= 11 is 1.43. The van der Waals surface area contributed by atoms with Crippen LogP contribution in [0.25, 0.3) is 0 Å². The van der Waals surface area contributed by atoms with Crippen molar-refractivity contribution in [2.24, 2.45) is 0 Å². The fraction of sp³-hybridized carbons (Fsp3) is 0.562. The Labute approximate surface area is 129 Å². The standard InChI is InChI=1S/C16H21NO3S/c1-2-20-14-7-5-9-17(12-14)16(19)15-13(8-11-21-15)6-3-4-10-18/h8,11,14,18H,2,4-5,7,9-10,12H2,1H3. The summed E-state index contributed by atoms with van der Waals surface area (Å²) in [6, 6.07) is 1.87. The van der Waals surface area contributed by atoms with Crippen LogP contribution in [-0.4, -0.2) is 48.3 Å². The molecule has 1 unspecified atom stereocenters. The molecule has 0 radical (unpaired) electrons. The fourth-order valence-corrected chi connectivity index (χ4v) is 3.24. The van der Waals surface area contributed by atoms with Gasteiger partial charge in [-0.15, -0.1) is 11.3 Å². The Kier molecular flexibility index (Phi) is 6.24. The number of aliphatic hydroxyl groups is 1. The predicted molar refractivity (Wildman–Crippen MR) is 83.5 cm³/mol. The van der Waals surface area contributed by atoms with Gasteiger partial charge >= 0.3 is 0 Å². The van der Waals surface area contributed by atoms with E-state index in [4.69, 9.17) is 9.84 Å². The number of amides is 1. The van der Waals surface area contributed by atoms with Crippen LogP contribution in [0, 0.1) is 11.8 Å². The van der Waals surface area contributed by atoms with Crippen molar-refractivity contribution < 1.29 is 14.6 Å². The number of aliphatic hydroxyl groups excluding tert-OH is 1. The summed E-state index contributed by atoms with van der Waals surface area (Å²) in [5.74, 6) is 5.89. The molecule has 1 aliphatic rings. The Morgan fingerprint density at radius 2 is 2.48 bits per heavy atom. The molecule has 0 aromatic carbocycles. The third-order valence-electron chi connectivity index (χ3n) is 3.39. The number of carbonyl (C=O) groups is 1. The van der Waals surface area contributed by atoms with Gasteiger partial charge < -0.3 is 14.7 Å². The minimum absolute atomic E-state index is 0.0442. The molecule has 2 rings (SSSR count). The number of ether oxygens (including phenoxy) is 1. The third-order valence-corrected chi connectivity index (χ3v) is 4.29. The second-order valence-electron chi connectivity index (χ2n) is 4.91. The van der Waals surface area contributed by atoms with Crippen LogP contribution in [0.2, 0.25) is 0 Å². The molecule has 5 heteroatoms. The lowest BCUT2D eigenvalue weighted by Gasteiger charge is -2.32. The maximum Gasteiger partial charge on any atom is 0.265 e. The van der Waals surface area contributed by atoms with Gasteiger partial charge in [-0.25, -0.2) is 0 Å². The molecule has 1 atom stereocenters. The molecule has 21 heavy (non-hydrogen) atoms. The summed E-state index contributed by atoms with van der Waals surface area (Å²) in [6.45, 7) is 4.15. The van der Waals surface area contributed by atoms with E-state index in [0.717, 1.165) is 24.9 Å². The number of hydrogen-bond donors (Lipinski definition) is 1. The molecular weight excluding hydrogens is 286 g/mol. The number of thiophene rings is 1. The molecule has 114 valence electrons. The zero-order valence-electron chi connectivity index (χ0n) is 12.3. The van der Waals surface area contributed by atoms with Crippen LogP contribution < -0.4 is 0 Å². The Bertz CT molecular complexity index is 527. The summed E-state index contributed by atoms with van der Waals surface area (Å²) in [4.78, 5) is 15.2. The van der Waals surface area contributed by atoms with Gasteiger partial charge in [0.15, 0.2) is 0 Å². The second-order valence-corrected chi connectivity index (χ2v) is 5.83. The summed E-state index contributed by atoms with van der Waals surface area (Å²) in [6.07, 6.45) is 2.58. The monoisotopic (exact) mass is 307 g/mol. The van der Waals surface area contributed by atoms with Gasteiger partial charge in [-0.05, 0) is 31.2 Å². The highest BCUT2D eigenvalue weighted by Crippen LogP contribution is 2.21. The summed E-state index contributed by atoms with van der Waals surface area (Å²) in [7, 11) is 0. The molecule has 1 N–H and O–H groups in total. The number of hydrogen-bond acceptors (Lipinski definition) is 4. The Hall–Kier alpha value is -1.35. The van der Waals surface area contributed by atoms with E-state index < -0.39 is 0 Å². The predicted octanol–water partition coefficient (Wildman–Crippen LogP) is 2.12. The van der Waals surface area contributed by atoms with Crippen molar-refractivity contribution in [3.63, 3.8) is 0 Å². The molecule has 0 bridgehead atoms. The molecule has 1 amide bonds. The van der Waals surface area contributed by atoms with Gasteiger partial charge in [0.2, 0.25) is 0 Å². The van der Waals surface area contributed by atoms with Crippen molar-refractivity contribution in [1.29, 1.82) is 0 Å². The SMILES string of the molecule is CCOC1CCCN(C(=O)c2sccc2C#CCCO)C1. The van der Waals surface area contributed by atoms with Crippen LogP contribution in [0.15, 0.2) is 11.4 Å². The highest BCUT2D eigenvalue weighted by Gasteiger charge is 2.26. The van der Waals surface area contributed by atoms with Crippen LogP contribution in [-0.2, 0) is 4.74 Å². The lowest BCUT2D eigenvalue weighted by molar-refractivity contribution is 0.00741. The van der Waals surface area contributed by atoms with Crippen molar-refractivity contribution >= 4 is 17.2 Å². The van der Waals surface area contributed by atoms with Crippen molar-refractivity contribution in [2.45, 2.75) is 32.3 Å². The van der Waals surface area contributed by atoms with Crippen molar-refractivity contribution in [1.82, 2.24) is 4.90 Å². The van der Waals surface area contributed by atoms with Crippen molar-refractivity contribution in [3.8, 4) is 11.8 Å². The van der Waals surface area contributed by atoms with Gasteiger partial charge in [0.1, 0.15) is 4.88 Å². The van der Waals surface area contributed by atoms with Gasteiger partial charge in [0, 0.05) is 31.7 Å². The van der Waals surface area contributed by atoms with E-state index in [1.165, 1.54) is 11.3 Å². The van der Waals surface area contributed by atoms with Gasteiger partial charge in [0.05, 0.1) is 12.7 Å². The van der Waals surface area contributed by atoms with Crippen LogP contribution >= 0.6 is 11.3 Å². The number of rotatable bonds is 4. The van der Waals surface area contributed by atoms with E-state index in [0.29, 0.717) is 24.4 Å². The average molecular weight is 307 g/mol. The highest BCUT2D eigenvalue weighted by molar-refractivity contribution is 7.12. The molecule has 0 spiro atoms. The molecule has 0 aliphatic carbocycles.